The molecule has 0 heterocycles. The molecule has 1 fully saturated rings. The minimum absolute atomic E-state index is 0.110. The summed E-state index contributed by atoms with van der Waals surface area (Å²) in [5, 5.41) is 3.19. The van der Waals surface area contributed by atoms with Crippen LogP contribution in [0.3, 0.4) is 0 Å². The van der Waals surface area contributed by atoms with Gasteiger partial charge in [-0.15, -0.1) is 0 Å². The summed E-state index contributed by atoms with van der Waals surface area (Å²) in [5.74, 6) is 1.99. The molecular weight excluding hydrogens is 250 g/mol. The van der Waals surface area contributed by atoms with Crippen LogP contribution in [0.4, 0.5) is 0 Å². The van der Waals surface area contributed by atoms with Gasteiger partial charge in [-0.05, 0) is 36.3 Å². The molecule has 3 nitrogen and oxygen atoms in total. The first-order valence-electron chi connectivity index (χ1n) is 7.51. The van der Waals surface area contributed by atoms with E-state index in [4.69, 9.17) is 4.74 Å². The van der Waals surface area contributed by atoms with Crippen LogP contribution < -0.4 is 10.1 Å². The van der Waals surface area contributed by atoms with Gasteiger partial charge in [-0.1, -0.05) is 39.0 Å². The van der Waals surface area contributed by atoms with E-state index in [2.05, 4.69) is 32.2 Å². The third-order valence-electron chi connectivity index (χ3n) is 4.24. The molecule has 20 heavy (non-hydrogen) atoms. The molecular formula is C17H25NO2. The number of benzene rings is 1. The van der Waals surface area contributed by atoms with E-state index in [9.17, 15) is 4.79 Å². The molecule has 3 heteroatoms. The quantitative estimate of drug-likeness (QED) is 0.864. The number of rotatable bonds is 6. The van der Waals surface area contributed by atoms with Crippen LogP contribution >= 0.6 is 0 Å². The Balaban J connectivity index is 1.99. The summed E-state index contributed by atoms with van der Waals surface area (Å²) in [6.07, 6.45) is 1.91. The highest BCUT2D eigenvalue weighted by atomic mass is 16.5. The number of carbonyl (C=O) groups is 1. The van der Waals surface area contributed by atoms with Crippen molar-refractivity contribution in [2.75, 3.05) is 7.11 Å². The summed E-state index contributed by atoms with van der Waals surface area (Å²) >= 11 is 0. The molecule has 0 bridgehead atoms. The predicted octanol–water partition coefficient (Wildman–Crippen LogP) is 3.35. The molecule has 1 saturated carbocycles. The van der Waals surface area contributed by atoms with Gasteiger partial charge in [-0.25, -0.2) is 0 Å². The largest absolute Gasteiger partial charge is 0.496 e. The molecule has 1 aliphatic rings. The number of methoxy groups -OCH3 is 1. The van der Waals surface area contributed by atoms with Crippen molar-refractivity contribution in [1.82, 2.24) is 5.32 Å². The topological polar surface area (TPSA) is 38.3 Å². The average Bonchev–Trinajstić information content (AvgIpc) is 3.24. The highest BCUT2D eigenvalue weighted by Crippen LogP contribution is 2.50. The van der Waals surface area contributed by atoms with Crippen molar-refractivity contribution in [3.8, 4) is 5.75 Å². The molecule has 0 aromatic heterocycles. The minimum Gasteiger partial charge on any atom is -0.496 e. The zero-order chi connectivity index (χ0) is 14.7. The van der Waals surface area contributed by atoms with Crippen LogP contribution in [0, 0.1) is 11.8 Å². The second-order valence-electron chi connectivity index (χ2n) is 5.96. The summed E-state index contributed by atoms with van der Waals surface area (Å²) in [6, 6.07) is 8.28. The lowest BCUT2D eigenvalue weighted by molar-refractivity contribution is -0.123. The second-order valence-corrected chi connectivity index (χ2v) is 5.96. The zero-order valence-corrected chi connectivity index (χ0v) is 12.8. The van der Waals surface area contributed by atoms with E-state index in [0.29, 0.717) is 11.8 Å². The lowest BCUT2D eigenvalue weighted by Gasteiger charge is -2.20. The Hall–Kier alpha value is -1.51. The van der Waals surface area contributed by atoms with Gasteiger partial charge in [0, 0.05) is 12.0 Å². The Kier molecular flexibility index (Phi) is 4.69. The molecule has 0 spiro atoms. The third kappa shape index (κ3) is 3.14. The first-order chi connectivity index (χ1) is 9.58. The van der Waals surface area contributed by atoms with Crippen molar-refractivity contribution in [2.24, 2.45) is 11.8 Å². The fourth-order valence-electron chi connectivity index (χ4n) is 2.83. The maximum absolute atomic E-state index is 12.3. The predicted molar refractivity (Wildman–Crippen MR) is 80.9 cm³/mol. The van der Waals surface area contributed by atoms with Crippen molar-refractivity contribution in [3.63, 3.8) is 0 Å². The fourth-order valence-corrected chi connectivity index (χ4v) is 2.83. The second kappa shape index (κ2) is 6.29. The molecule has 1 aromatic carbocycles. The van der Waals surface area contributed by atoms with Gasteiger partial charge in [0.25, 0.3) is 0 Å². The van der Waals surface area contributed by atoms with Crippen molar-refractivity contribution < 1.29 is 9.53 Å². The van der Waals surface area contributed by atoms with Crippen LogP contribution in [-0.2, 0) is 4.79 Å². The monoisotopic (exact) mass is 275 g/mol. The molecule has 0 radical (unpaired) electrons. The Morgan fingerprint density at radius 3 is 2.70 bits per heavy atom. The molecule has 1 aromatic rings. The van der Waals surface area contributed by atoms with Gasteiger partial charge in [0.2, 0.25) is 5.91 Å². The molecule has 0 aliphatic heterocycles. The van der Waals surface area contributed by atoms with Crippen molar-refractivity contribution >= 4 is 5.91 Å². The standard InChI is InChI=1S/C17H25NO2/c1-5-15(11(2)3)18-17(19)14-10-13(14)12-8-6-7-9-16(12)20-4/h6-9,11,13-15H,5,10H2,1-4H3,(H,18,19). The number of carbonyl (C=O) groups excluding carboxylic acids is 1. The molecule has 1 amide bonds. The maximum atomic E-state index is 12.3. The van der Waals surface area contributed by atoms with Gasteiger partial charge in [0.15, 0.2) is 0 Å². The van der Waals surface area contributed by atoms with Gasteiger partial charge in [-0.2, -0.15) is 0 Å². The smallest absolute Gasteiger partial charge is 0.223 e. The first-order valence-corrected chi connectivity index (χ1v) is 7.51. The Morgan fingerprint density at radius 1 is 1.40 bits per heavy atom. The van der Waals surface area contributed by atoms with Gasteiger partial charge in [0.05, 0.1) is 7.11 Å². The zero-order valence-electron chi connectivity index (χ0n) is 12.8. The maximum Gasteiger partial charge on any atom is 0.223 e. The van der Waals surface area contributed by atoms with Crippen LogP contribution in [0.2, 0.25) is 0 Å². The number of hydrogen-bond acceptors (Lipinski definition) is 2. The molecule has 3 atom stereocenters. The van der Waals surface area contributed by atoms with Crippen LogP contribution in [0.5, 0.6) is 5.75 Å². The molecule has 1 aliphatic carbocycles. The van der Waals surface area contributed by atoms with Gasteiger partial charge < -0.3 is 10.1 Å². The van der Waals surface area contributed by atoms with E-state index in [1.807, 2.05) is 18.2 Å². The minimum atomic E-state index is 0.110. The number of nitrogens with one attached hydrogen (secondary N) is 1. The van der Waals surface area contributed by atoms with E-state index in [0.717, 1.165) is 24.2 Å². The van der Waals surface area contributed by atoms with Crippen LogP contribution in [0.25, 0.3) is 0 Å². The molecule has 1 N–H and O–H groups in total. The van der Waals surface area contributed by atoms with Crippen molar-refractivity contribution in [2.45, 2.75) is 45.6 Å². The number of hydrogen-bond donors (Lipinski definition) is 1. The SMILES string of the molecule is CCC(NC(=O)C1CC1c1ccccc1OC)C(C)C. The Bertz CT molecular complexity index is 470. The Labute approximate surface area is 121 Å². The van der Waals surface area contributed by atoms with Crippen molar-refractivity contribution in [3.05, 3.63) is 29.8 Å². The summed E-state index contributed by atoms with van der Waals surface area (Å²) < 4.78 is 5.38. The normalized spacial score (nSPS) is 22.4. The summed E-state index contributed by atoms with van der Waals surface area (Å²) in [5.41, 5.74) is 1.16. The number of para-hydroxylation sites is 1. The lowest BCUT2D eigenvalue weighted by Crippen LogP contribution is -2.39. The van der Waals surface area contributed by atoms with Crippen LogP contribution in [0.1, 0.15) is 45.1 Å². The van der Waals surface area contributed by atoms with Crippen LogP contribution in [0.15, 0.2) is 24.3 Å². The lowest BCUT2D eigenvalue weighted by atomic mass is 10.0. The van der Waals surface area contributed by atoms with E-state index < -0.39 is 0 Å². The fraction of sp³-hybridized carbons (Fsp3) is 0.588. The van der Waals surface area contributed by atoms with Crippen molar-refractivity contribution in [1.29, 1.82) is 0 Å². The highest BCUT2D eigenvalue weighted by Gasteiger charge is 2.45. The number of ether oxygens (including phenoxy) is 1. The molecule has 2 rings (SSSR count). The third-order valence-corrected chi connectivity index (χ3v) is 4.24. The van der Waals surface area contributed by atoms with E-state index in [1.165, 1.54) is 0 Å². The highest BCUT2D eigenvalue weighted by molar-refractivity contribution is 5.83. The van der Waals surface area contributed by atoms with Gasteiger partial charge in [0.1, 0.15) is 5.75 Å². The molecule has 3 unspecified atom stereocenters. The molecule has 110 valence electrons. The summed E-state index contributed by atoms with van der Waals surface area (Å²) in [4.78, 5) is 12.3. The first kappa shape index (κ1) is 14.9. The molecule has 0 saturated heterocycles. The van der Waals surface area contributed by atoms with E-state index in [1.54, 1.807) is 7.11 Å². The number of amides is 1. The Morgan fingerprint density at radius 2 is 2.10 bits per heavy atom. The van der Waals surface area contributed by atoms with E-state index >= 15 is 0 Å². The summed E-state index contributed by atoms with van der Waals surface area (Å²) in [6.45, 7) is 6.42. The van der Waals surface area contributed by atoms with Gasteiger partial charge >= 0.3 is 0 Å². The summed E-state index contributed by atoms with van der Waals surface area (Å²) in [7, 11) is 1.68. The van der Waals surface area contributed by atoms with Crippen LogP contribution in [-0.4, -0.2) is 19.1 Å². The van der Waals surface area contributed by atoms with E-state index in [-0.39, 0.29) is 17.9 Å². The average molecular weight is 275 g/mol. The van der Waals surface area contributed by atoms with Gasteiger partial charge in [-0.3, -0.25) is 4.79 Å².